The molecule has 1 aromatic rings. The molecule has 0 spiro atoms. The van der Waals surface area contributed by atoms with Gasteiger partial charge in [-0.1, -0.05) is 12.1 Å². The fraction of sp³-hybridized carbons (Fsp3) is 0.500. The van der Waals surface area contributed by atoms with Gasteiger partial charge in [-0.3, -0.25) is 0 Å². The molecule has 0 saturated carbocycles. The molecule has 3 heteroatoms. The van der Waals surface area contributed by atoms with Crippen molar-refractivity contribution in [1.82, 2.24) is 5.32 Å². The van der Waals surface area contributed by atoms with Gasteiger partial charge in [0, 0.05) is 31.5 Å². The average Bonchev–Trinajstić information content (AvgIpc) is 2.77. The van der Waals surface area contributed by atoms with E-state index in [0.717, 1.165) is 18.8 Å². The lowest BCUT2D eigenvalue weighted by Gasteiger charge is -2.17. The number of rotatable bonds is 3. The van der Waals surface area contributed by atoms with Gasteiger partial charge in [-0.15, -0.1) is 0 Å². The van der Waals surface area contributed by atoms with Crippen LogP contribution >= 0.6 is 0 Å². The normalized spacial score (nSPS) is 25.5. The first-order valence-corrected chi connectivity index (χ1v) is 5.30. The summed E-state index contributed by atoms with van der Waals surface area (Å²) in [5, 5.41) is 12.6. The van der Waals surface area contributed by atoms with Gasteiger partial charge >= 0.3 is 0 Å². The van der Waals surface area contributed by atoms with Crippen molar-refractivity contribution >= 4 is 0 Å². The maximum Gasteiger partial charge on any atom is 0.119 e. The number of ether oxygens (including phenoxy) is 1. The average molecular weight is 207 g/mol. The first kappa shape index (κ1) is 10.5. The molecule has 1 aliphatic rings. The third kappa shape index (κ3) is 2.13. The van der Waals surface area contributed by atoms with Crippen LogP contribution in [0.4, 0.5) is 0 Å². The fourth-order valence-corrected chi connectivity index (χ4v) is 2.19. The summed E-state index contributed by atoms with van der Waals surface area (Å²) in [7, 11) is 1.68. The van der Waals surface area contributed by atoms with Crippen molar-refractivity contribution in [3.8, 4) is 5.75 Å². The zero-order valence-corrected chi connectivity index (χ0v) is 8.94. The summed E-state index contributed by atoms with van der Waals surface area (Å²) < 4.78 is 5.20. The van der Waals surface area contributed by atoms with Crippen molar-refractivity contribution in [3.05, 3.63) is 29.8 Å². The highest BCUT2D eigenvalue weighted by molar-refractivity contribution is 5.32. The second-order valence-corrected chi connectivity index (χ2v) is 3.98. The molecule has 1 saturated heterocycles. The van der Waals surface area contributed by atoms with Gasteiger partial charge in [-0.2, -0.15) is 0 Å². The van der Waals surface area contributed by atoms with Crippen molar-refractivity contribution in [3.63, 3.8) is 0 Å². The number of benzene rings is 1. The van der Waals surface area contributed by atoms with E-state index in [9.17, 15) is 5.11 Å². The van der Waals surface area contributed by atoms with Crippen LogP contribution < -0.4 is 10.1 Å². The monoisotopic (exact) mass is 207 g/mol. The summed E-state index contributed by atoms with van der Waals surface area (Å²) in [6.45, 7) is 2.09. The Bertz CT molecular complexity index is 327. The van der Waals surface area contributed by atoms with E-state index < -0.39 is 0 Å². The van der Waals surface area contributed by atoms with Crippen LogP contribution in [0, 0.1) is 5.92 Å². The van der Waals surface area contributed by atoms with Crippen LogP contribution in [0.2, 0.25) is 0 Å². The Morgan fingerprint density at radius 2 is 2.33 bits per heavy atom. The molecule has 1 aromatic carbocycles. The molecule has 0 aromatic heterocycles. The van der Waals surface area contributed by atoms with Crippen molar-refractivity contribution in [1.29, 1.82) is 0 Å². The molecule has 2 N–H and O–H groups in total. The number of aliphatic hydroxyl groups excluding tert-OH is 1. The summed E-state index contributed by atoms with van der Waals surface area (Å²) in [6, 6.07) is 8.10. The second kappa shape index (κ2) is 4.64. The highest BCUT2D eigenvalue weighted by Crippen LogP contribution is 2.29. The molecule has 2 rings (SSSR count). The summed E-state index contributed by atoms with van der Waals surface area (Å²) in [5.41, 5.74) is 1.25. The molecule has 3 nitrogen and oxygen atoms in total. The molecule has 1 aliphatic heterocycles. The Labute approximate surface area is 90.1 Å². The Morgan fingerprint density at radius 1 is 1.47 bits per heavy atom. The topological polar surface area (TPSA) is 41.5 Å². The van der Waals surface area contributed by atoms with Gasteiger partial charge in [-0.25, -0.2) is 0 Å². The molecule has 0 aliphatic carbocycles. The van der Waals surface area contributed by atoms with Crippen LogP contribution in [-0.2, 0) is 0 Å². The molecule has 0 radical (unpaired) electrons. The molecule has 0 unspecified atom stereocenters. The summed E-state index contributed by atoms with van der Waals surface area (Å²) in [5.74, 6) is 1.62. The minimum Gasteiger partial charge on any atom is -0.497 e. The second-order valence-electron chi connectivity index (χ2n) is 3.98. The Hall–Kier alpha value is -1.06. The van der Waals surface area contributed by atoms with Crippen molar-refractivity contribution in [2.24, 2.45) is 5.92 Å². The van der Waals surface area contributed by atoms with E-state index in [1.807, 2.05) is 12.1 Å². The first-order valence-electron chi connectivity index (χ1n) is 5.30. The molecular weight excluding hydrogens is 190 g/mol. The van der Waals surface area contributed by atoms with Crippen molar-refractivity contribution in [2.75, 3.05) is 26.8 Å². The van der Waals surface area contributed by atoms with E-state index in [4.69, 9.17) is 4.74 Å². The molecular formula is C12H17NO2. The SMILES string of the molecule is COc1cccc([C@H]2CNC[C@@H]2CO)c1. The molecule has 0 bridgehead atoms. The highest BCUT2D eigenvalue weighted by atomic mass is 16.5. The molecule has 0 amide bonds. The van der Waals surface area contributed by atoms with Gasteiger partial charge in [0.25, 0.3) is 0 Å². The standard InChI is InChI=1S/C12H17NO2/c1-15-11-4-2-3-9(5-11)12-7-13-6-10(12)8-14/h2-5,10,12-14H,6-8H2,1H3/t10-,12-/m1/s1. The number of methoxy groups -OCH3 is 1. The van der Waals surface area contributed by atoms with E-state index in [-0.39, 0.29) is 6.61 Å². The van der Waals surface area contributed by atoms with Crippen molar-refractivity contribution < 1.29 is 9.84 Å². The zero-order chi connectivity index (χ0) is 10.7. The van der Waals surface area contributed by atoms with E-state index in [1.165, 1.54) is 5.56 Å². The van der Waals surface area contributed by atoms with E-state index in [1.54, 1.807) is 7.11 Å². The lowest BCUT2D eigenvalue weighted by Crippen LogP contribution is -2.14. The fourth-order valence-electron chi connectivity index (χ4n) is 2.19. The third-order valence-electron chi connectivity index (χ3n) is 3.10. The molecule has 15 heavy (non-hydrogen) atoms. The number of aliphatic hydroxyl groups is 1. The third-order valence-corrected chi connectivity index (χ3v) is 3.10. The number of hydrogen-bond donors (Lipinski definition) is 2. The predicted molar refractivity (Wildman–Crippen MR) is 59.2 cm³/mol. The number of nitrogens with one attached hydrogen (secondary N) is 1. The largest absolute Gasteiger partial charge is 0.497 e. The molecule has 82 valence electrons. The van der Waals surface area contributed by atoms with Crippen LogP contribution in [-0.4, -0.2) is 31.9 Å². The van der Waals surface area contributed by atoms with E-state index in [2.05, 4.69) is 17.4 Å². The first-order chi connectivity index (χ1) is 7.35. The lowest BCUT2D eigenvalue weighted by atomic mass is 9.89. The maximum atomic E-state index is 9.25. The highest BCUT2D eigenvalue weighted by Gasteiger charge is 2.27. The smallest absolute Gasteiger partial charge is 0.119 e. The minimum atomic E-state index is 0.245. The Balaban J connectivity index is 2.20. The minimum absolute atomic E-state index is 0.245. The summed E-state index contributed by atoms with van der Waals surface area (Å²) in [4.78, 5) is 0. The molecule has 2 atom stereocenters. The molecule has 1 fully saturated rings. The number of hydrogen-bond acceptors (Lipinski definition) is 3. The van der Waals surface area contributed by atoms with Gasteiger partial charge < -0.3 is 15.2 Å². The Morgan fingerprint density at radius 3 is 3.07 bits per heavy atom. The van der Waals surface area contributed by atoms with Crippen molar-refractivity contribution in [2.45, 2.75) is 5.92 Å². The van der Waals surface area contributed by atoms with E-state index >= 15 is 0 Å². The lowest BCUT2D eigenvalue weighted by molar-refractivity contribution is 0.226. The van der Waals surface area contributed by atoms with Gasteiger partial charge in [0.1, 0.15) is 5.75 Å². The quantitative estimate of drug-likeness (QED) is 0.776. The van der Waals surface area contributed by atoms with Gasteiger partial charge in [0.15, 0.2) is 0 Å². The summed E-state index contributed by atoms with van der Waals surface area (Å²) >= 11 is 0. The predicted octanol–water partition coefficient (Wildman–Crippen LogP) is 0.990. The van der Waals surface area contributed by atoms with Crippen LogP contribution in [0.25, 0.3) is 0 Å². The van der Waals surface area contributed by atoms with Crippen LogP contribution in [0.15, 0.2) is 24.3 Å². The van der Waals surface area contributed by atoms with Gasteiger partial charge in [0.2, 0.25) is 0 Å². The maximum absolute atomic E-state index is 9.25. The van der Waals surface area contributed by atoms with Gasteiger partial charge in [0.05, 0.1) is 7.11 Å². The molecule has 1 heterocycles. The van der Waals surface area contributed by atoms with Crippen LogP contribution in [0.5, 0.6) is 5.75 Å². The van der Waals surface area contributed by atoms with Gasteiger partial charge in [-0.05, 0) is 17.7 Å². The van der Waals surface area contributed by atoms with E-state index in [0.29, 0.717) is 11.8 Å². The zero-order valence-electron chi connectivity index (χ0n) is 8.94. The van der Waals surface area contributed by atoms with Crippen LogP contribution in [0.3, 0.4) is 0 Å². The van der Waals surface area contributed by atoms with Crippen LogP contribution in [0.1, 0.15) is 11.5 Å². The summed E-state index contributed by atoms with van der Waals surface area (Å²) in [6.07, 6.45) is 0. The Kier molecular flexibility index (Phi) is 3.23.